The summed E-state index contributed by atoms with van der Waals surface area (Å²) < 4.78 is 0. The lowest BCUT2D eigenvalue weighted by Gasteiger charge is -2.18. The van der Waals surface area contributed by atoms with Gasteiger partial charge >= 0.3 is 12.0 Å². The maximum absolute atomic E-state index is 13.1. The van der Waals surface area contributed by atoms with E-state index in [0.29, 0.717) is 12.2 Å². The van der Waals surface area contributed by atoms with Crippen molar-refractivity contribution in [1.29, 1.82) is 0 Å². The molecule has 2 atom stereocenters. The van der Waals surface area contributed by atoms with Crippen molar-refractivity contribution in [3.8, 4) is 0 Å². The van der Waals surface area contributed by atoms with Crippen LogP contribution in [0.1, 0.15) is 45.9 Å². The fourth-order valence-electron chi connectivity index (χ4n) is 4.64. The number of fused-ring (bicyclic) bond motifs is 1. The van der Waals surface area contributed by atoms with Crippen LogP contribution in [0.25, 0.3) is 0 Å². The molecule has 3 aromatic carbocycles. The minimum Gasteiger partial charge on any atom is -0.481 e. The Balaban J connectivity index is 1.35. The smallest absolute Gasteiger partial charge is 0.315 e. The fourth-order valence-corrected chi connectivity index (χ4v) is 5.28. The van der Waals surface area contributed by atoms with Crippen LogP contribution in [0.3, 0.4) is 0 Å². The molecule has 0 saturated carbocycles. The zero-order valence-corrected chi connectivity index (χ0v) is 22.2. The summed E-state index contributed by atoms with van der Waals surface area (Å²) in [7, 11) is 0. The van der Waals surface area contributed by atoms with Gasteiger partial charge in [0.15, 0.2) is 5.78 Å². The normalized spacial score (nSPS) is 14.8. The summed E-state index contributed by atoms with van der Waals surface area (Å²) in [6.45, 7) is 0.368. The number of benzene rings is 3. The number of amides is 2. The third kappa shape index (κ3) is 6.85. The molecule has 1 aliphatic rings. The van der Waals surface area contributed by atoms with Gasteiger partial charge in [0, 0.05) is 19.5 Å². The van der Waals surface area contributed by atoms with Crippen LogP contribution in [0.2, 0.25) is 10.0 Å². The number of rotatable bonds is 11. The summed E-state index contributed by atoms with van der Waals surface area (Å²) in [6, 6.07) is 20.5. The van der Waals surface area contributed by atoms with Crippen molar-refractivity contribution in [1.82, 2.24) is 10.6 Å². The molecular weight excluding hydrogens is 525 g/mol. The largest absolute Gasteiger partial charge is 0.481 e. The number of aliphatic carboxylic acids is 1. The van der Waals surface area contributed by atoms with Crippen LogP contribution < -0.4 is 16.0 Å². The SMILES string of the molecule is O=C(NCC(CC(=O)c1c(Cl)ccc(NCCc2ccccc2)c1Cl)C(=O)O)NC1CCc2ccccc21. The quantitative estimate of drug-likeness (QED) is 0.221. The van der Waals surface area contributed by atoms with E-state index in [1.165, 1.54) is 5.56 Å². The van der Waals surface area contributed by atoms with E-state index < -0.39 is 23.7 Å². The zero-order chi connectivity index (χ0) is 27.1. The Kier molecular flexibility index (Phi) is 9.26. The highest BCUT2D eigenvalue weighted by atomic mass is 35.5. The van der Waals surface area contributed by atoms with Crippen LogP contribution in [0.5, 0.6) is 0 Å². The molecule has 0 radical (unpaired) electrons. The van der Waals surface area contributed by atoms with Crippen LogP contribution in [0.15, 0.2) is 66.7 Å². The molecule has 0 fully saturated rings. The summed E-state index contributed by atoms with van der Waals surface area (Å²) in [4.78, 5) is 37.5. The second-order valence-corrected chi connectivity index (χ2v) is 10.0. The average molecular weight is 554 g/mol. The molecule has 1 aliphatic carbocycles. The molecule has 198 valence electrons. The Morgan fingerprint density at radius 1 is 0.974 bits per heavy atom. The van der Waals surface area contributed by atoms with Gasteiger partial charge in [0.2, 0.25) is 0 Å². The van der Waals surface area contributed by atoms with Crippen molar-refractivity contribution in [3.63, 3.8) is 0 Å². The summed E-state index contributed by atoms with van der Waals surface area (Å²) in [5.41, 5.74) is 4.01. The maximum Gasteiger partial charge on any atom is 0.315 e. The monoisotopic (exact) mass is 553 g/mol. The minimum atomic E-state index is -1.20. The summed E-state index contributed by atoms with van der Waals surface area (Å²) in [5.74, 6) is -2.86. The van der Waals surface area contributed by atoms with E-state index in [9.17, 15) is 19.5 Å². The van der Waals surface area contributed by atoms with Crippen LogP contribution in [0.4, 0.5) is 10.5 Å². The second-order valence-electron chi connectivity index (χ2n) is 9.25. The Morgan fingerprint density at radius 2 is 1.71 bits per heavy atom. The van der Waals surface area contributed by atoms with E-state index in [2.05, 4.69) is 16.0 Å². The minimum absolute atomic E-state index is 0.0660. The van der Waals surface area contributed by atoms with Crippen molar-refractivity contribution >= 4 is 46.7 Å². The van der Waals surface area contributed by atoms with Gasteiger partial charge in [-0.15, -0.1) is 0 Å². The van der Waals surface area contributed by atoms with Gasteiger partial charge in [0.05, 0.1) is 33.3 Å². The molecule has 7 nitrogen and oxygen atoms in total. The second kappa shape index (κ2) is 12.8. The number of urea groups is 1. The number of carboxylic acids is 1. The van der Waals surface area contributed by atoms with E-state index in [1.807, 2.05) is 54.6 Å². The summed E-state index contributed by atoms with van der Waals surface area (Å²) in [5, 5.41) is 18.7. The summed E-state index contributed by atoms with van der Waals surface area (Å²) >= 11 is 12.8. The highest BCUT2D eigenvalue weighted by Gasteiger charge is 2.27. The molecule has 9 heteroatoms. The molecule has 4 rings (SSSR count). The number of ketones is 1. The number of halogens is 2. The number of hydrogen-bond donors (Lipinski definition) is 4. The third-order valence-corrected chi connectivity index (χ3v) is 7.38. The number of anilines is 1. The molecule has 2 amide bonds. The first-order valence-corrected chi connectivity index (χ1v) is 13.2. The summed E-state index contributed by atoms with van der Waals surface area (Å²) in [6.07, 6.45) is 2.04. The lowest BCUT2D eigenvalue weighted by Crippen LogP contribution is -2.41. The highest BCUT2D eigenvalue weighted by Crippen LogP contribution is 2.34. The van der Waals surface area contributed by atoms with Crippen molar-refractivity contribution in [2.75, 3.05) is 18.4 Å². The molecule has 3 aromatic rings. The number of carbonyl (C=O) groups excluding carboxylic acids is 2. The number of nitrogens with one attached hydrogen (secondary N) is 3. The van der Waals surface area contributed by atoms with Gasteiger partial charge in [-0.05, 0) is 48.1 Å². The van der Waals surface area contributed by atoms with Gasteiger partial charge in [0.1, 0.15) is 0 Å². The zero-order valence-electron chi connectivity index (χ0n) is 20.7. The van der Waals surface area contributed by atoms with Crippen molar-refractivity contribution in [2.45, 2.75) is 31.7 Å². The number of carboxylic acid groups (broad SMARTS) is 1. The third-order valence-electron chi connectivity index (χ3n) is 6.67. The van der Waals surface area contributed by atoms with Crippen LogP contribution >= 0.6 is 23.2 Å². The first-order chi connectivity index (χ1) is 18.3. The average Bonchev–Trinajstić information content (AvgIpc) is 3.31. The van der Waals surface area contributed by atoms with Gasteiger partial charge in [-0.3, -0.25) is 9.59 Å². The first-order valence-electron chi connectivity index (χ1n) is 12.5. The van der Waals surface area contributed by atoms with Crippen molar-refractivity contribution < 1.29 is 19.5 Å². The Labute approximate surface area is 231 Å². The standard InChI is InChI=1S/C29H29Cl2N3O4/c30-22-11-13-24(32-15-14-18-6-2-1-3-7-18)27(31)26(22)25(35)16-20(28(36)37)17-33-29(38)34-23-12-10-19-8-4-5-9-21(19)23/h1-9,11,13,20,23,32H,10,12,14-17H2,(H,36,37)(H2,33,34,38). The fraction of sp³-hybridized carbons (Fsp3) is 0.276. The molecule has 0 spiro atoms. The van der Waals surface area contributed by atoms with Crippen LogP contribution in [-0.2, 0) is 17.6 Å². The van der Waals surface area contributed by atoms with Crippen molar-refractivity contribution in [3.05, 3.63) is 99.0 Å². The van der Waals surface area contributed by atoms with Gasteiger partial charge < -0.3 is 21.1 Å². The van der Waals surface area contributed by atoms with Crippen molar-refractivity contribution in [2.24, 2.45) is 5.92 Å². The number of Topliss-reactive ketones (excluding diaryl/α,β-unsaturated/α-hetero) is 1. The van der Waals surface area contributed by atoms with Crippen LogP contribution in [-0.4, -0.2) is 36.0 Å². The highest BCUT2D eigenvalue weighted by molar-refractivity contribution is 6.41. The predicted octanol–water partition coefficient (Wildman–Crippen LogP) is 5.91. The topological polar surface area (TPSA) is 108 Å². The molecule has 38 heavy (non-hydrogen) atoms. The molecule has 4 N–H and O–H groups in total. The molecule has 0 bridgehead atoms. The van der Waals surface area contributed by atoms with E-state index >= 15 is 0 Å². The molecule has 2 unspecified atom stereocenters. The Bertz CT molecular complexity index is 1320. The first kappa shape index (κ1) is 27.5. The molecule has 0 aromatic heterocycles. The molecule has 0 heterocycles. The molecule has 0 aliphatic heterocycles. The van der Waals surface area contributed by atoms with Gasteiger partial charge in [-0.1, -0.05) is 77.8 Å². The van der Waals surface area contributed by atoms with E-state index in [1.54, 1.807) is 12.1 Å². The van der Waals surface area contributed by atoms with E-state index in [-0.39, 0.29) is 34.6 Å². The predicted molar refractivity (Wildman–Crippen MR) is 149 cm³/mol. The maximum atomic E-state index is 13.1. The van der Waals surface area contributed by atoms with E-state index in [4.69, 9.17) is 23.2 Å². The lowest BCUT2D eigenvalue weighted by atomic mass is 9.97. The van der Waals surface area contributed by atoms with Crippen LogP contribution in [0, 0.1) is 5.92 Å². The molecule has 0 saturated heterocycles. The Morgan fingerprint density at radius 3 is 2.47 bits per heavy atom. The Hall–Kier alpha value is -3.55. The van der Waals surface area contributed by atoms with E-state index in [0.717, 1.165) is 30.4 Å². The lowest BCUT2D eigenvalue weighted by molar-refractivity contribution is -0.141. The number of aryl methyl sites for hydroxylation is 1. The van der Waals surface area contributed by atoms with Gasteiger partial charge in [-0.2, -0.15) is 0 Å². The van der Waals surface area contributed by atoms with Gasteiger partial charge in [-0.25, -0.2) is 4.79 Å². The van der Waals surface area contributed by atoms with Gasteiger partial charge in [0.25, 0.3) is 0 Å². The molecular formula is C29H29Cl2N3O4. The number of carbonyl (C=O) groups is 3. The number of hydrogen-bond acceptors (Lipinski definition) is 4.